The summed E-state index contributed by atoms with van der Waals surface area (Å²) in [5.74, 6) is 0.873. The van der Waals surface area contributed by atoms with Crippen LogP contribution in [0.15, 0.2) is 71.7 Å². The minimum Gasteiger partial charge on any atom is -0.451 e. The van der Waals surface area contributed by atoms with Crippen LogP contribution in [0.2, 0.25) is 0 Å². The summed E-state index contributed by atoms with van der Waals surface area (Å²) in [5.41, 5.74) is 3.00. The van der Waals surface area contributed by atoms with Gasteiger partial charge in [-0.2, -0.15) is 0 Å². The van der Waals surface area contributed by atoms with Gasteiger partial charge in [-0.1, -0.05) is 48.9 Å². The van der Waals surface area contributed by atoms with E-state index in [2.05, 4.69) is 72.0 Å². The lowest BCUT2D eigenvalue weighted by atomic mass is 9.58. The highest BCUT2D eigenvalue weighted by Gasteiger charge is 2.52. The Balaban J connectivity index is 1.19. The Labute approximate surface area is 265 Å². The number of aromatic nitrogens is 1. The fourth-order valence-corrected chi connectivity index (χ4v) is 8.14. The van der Waals surface area contributed by atoms with E-state index < -0.39 is 0 Å². The molecule has 3 heterocycles. The number of likely N-dealkylation sites (tertiary alicyclic amines) is 1. The maximum absolute atomic E-state index is 13.2. The number of amides is 3. The lowest BCUT2D eigenvalue weighted by molar-refractivity contribution is 0.0634. The van der Waals surface area contributed by atoms with Crippen LogP contribution in [-0.2, 0) is 5.41 Å². The van der Waals surface area contributed by atoms with Gasteiger partial charge >= 0.3 is 6.03 Å². The number of hydrogen-bond donors (Lipinski definition) is 3. The molecule has 1 unspecified atom stereocenters. The topological polar surface area (TPSA) is 107 Å². The second-order valence-electron chi connectivity index (χ2n) is 12.8. The summed E-state index contributed by atoms with van der Waals surface area (Å²) in [5, 5.41) is 9.26. The molecular formula is C35H43N7O3. The molecule has 1 aliphatic carbocycles. The Morgan fingerprint density at radius 1 is 1.04 bits per heavy atom. The van der Waals surface area contributed by atoms with Crippen LogP contribution in [0.4, 0.5) is 16.2 Å². The SMILES string of the molecule is [C-]#[N+]c1ccc(N2CC(CN3CCC(C(CNC(=O)c4cocn4)(c4ccccc4)[C@H]4CCC[C@@H]4NC(=O)NC)CC3)C2)cc1. The summed E-state index contributed by atoms with van der Waals surface area (Å²) < 4.78 is 5.09. The van der Waals surface area contributed by atoms with E-state index in [4.69, 9.17) is 11.0 Å². The molecule has 3 N–H and O–H groups in total. The monoisotopic (exact) mass is 609 g/mol. The third kappa shape index (κ3) is 6.54. The molecule has 2 saturated heterocycles. The van der Waals surface area contributed by atoms with Crippen LogP contribution < -0.4 is 20.9 Å². The van der Waals surface area contributed by atoms with Crippen LogP contribution in [0.1, 0.15) is 48.2 Å². The molecular weight excluding hydrogens is 566 g/mol. The number of rotatable bonds is 10. The van der Waals surface area contributed by atoms with E-state index in [0.717, 1.165) is 64.8 Å². The zero-order valence-corrected chi connectivity index (χ0v) is 26.0. The van der Waals surface area contributed by atoms with Crippen molar-refractivity contribution in [2.24, 2.45) is 17.8 Å². The highest BCUT2D eigenvalue weighted by atomic mass is 16.3. The van der Waals surface area contributed by atoms with E-state index >= 15 is 0 Å². The van der Waals surface area contributed by atoms with Gasteiger partial charge in [-0.15, -0.1) is 0 Å². The minimum absolute atomic E-state index is 0.0111. The van der Waals surface area contributed by atoms with E-state index in [1.807, 2.05) is 18.2 Å². The molecule has 10 nitrogen and oxygen atoms in total. The molecule has 3 fully saturated rings. The Morgan fingerprint density at radius 2 is 1.80 bits per heavy atom. The molecule has 1 aromatic heterocycles. The molecule has 3 atom stereocenters. The Bertz CT molecular complexity index is 1460. The lowest BCUT2D eigenvalue weighted by Crippen LogP contribution is -2.59. The van der Waals surface area contributed by atoms with Gasteiger partial charge < -0.3 is 30.2 Å². The molecule has 3 aliphatic rings. The highest BCUT2D eigenvalue weighted by molar-refractivity contribution is 5.91. The highest BCUT2D eigenvalue weighted by Crippen LogP contribution is 2.50. The molecule has 236 valence electrons. The molecule has 10 heteroatoms. The van der Waals surface area contributed by atoms with Crippen LogP contribution in [0.5, 0.6) is 0 Å². The first-order valence-electron chi connectivity index (χ1n) is 16.1. The molecule has 0 radical (unpaired) electrons. The van der Waals surface area contributed by atoms with Crippen molar-refractivity contribution < 1.29 is 14.0 Å². The Hall–Kier alpha value is -4.36. The second kappa shape index (κ2) is 13.7. The maximum atomic E-state index is 13.2. The second-order valence-corrected chi connectivity index (χ2v) is 12.8. The first-order valence-corrected chi connectivity index (χ1v) is 16.1. The molecule has 2 aliphatic heterocycles. The summed E-state index contributed by atoms with van der Waals surface area (Å²) in [6.45, 7) is 12.8. The average molecular weight is 610 g/mol. The van der Waals surface area contributed by atoms with Crippen molar-refractivity contribution in [2.45, 2.75) is 43.6 Å². The number of nitrogens with zero attached hydrogens (tertiary/aromatic N) is 4. The molecule has 2 aromatic carbocycles. The molecule has 0 bridgehead atoms. The van der Waals surface area contributed by atoms with Crippen LogP contribution >= 0.6 is 0 Å². The van der Waals surface area contributed by atoms with E-state index in [0.29, 0.717) is 24.1 Å². The minimum atomic E-state index is -0.361. The van der Waals surface area contributed by atoms with Crippen molar-refractivity contribution in [1.29, 1.82) is 0 Å². The summed E-state index contributed by atoms with van der Waals surface area (Å²) in [6, 6.07) is 18.4. The quantitative estimate of drug-likeness (QED) is 0.284. The third-order valence-electron chi connectivity index (χ3n) is 10.4. The number of piperidine rings is 1. The van der Waals surface area contributed by atoms with Crippen molar-refractivity contribution >= 4 is 23.3 Å². The van der Waals surface area contributed by atoms with E-state index in [-0.39, 0.29) is 35.0 Å². The number of anilines is 1. The van der Waals surface area contributed by atoms with Gasteiger partial charge in [0.2, 0.25) is 0 Å². The smallest absolute Gasteiger partial charge is 0.314 e. The molecule has 0 spiro atoms. The standard InChI is InChI=1S/C35H43N7O3/c1-36-28-11-13-29(14-12-28)42-20-25(21-42)19-41-17-15-27(16-18-41)35(26-7-4-3-5-8-26,23-38-33(43)32-22-45-24-39-32)30-9-6-10-31(30)40-34(44)37-2/h3-5,7-8,11-14,22,24-25,27,30-31H,6,9-10,15-21,23H2,2H3,(H,38,43)(H2,37,40,44)/t30-,31-,35?/m0/s1. The van der Waals surface area contributed by atoms with Gasteiger partial charge in [0.25, 0.3) is 5.91 Å². The van der Waals surface area contributed by atoms with Crippen LogP contribution in [0.25, 0.3) is 4.85 Å². The predicted molar refractivity (Wildman–Crippen MR) is 173 cm³/mol. The molecule has 1 saturated carbocycles. The summed E-state index contributed by atoms with van der Waals surface area (Å²) in [4.78, 5) is 38.4. The summed E-state index contributed by atoms with van der Waals surface area (Å²) in [6.07, 6.45) is 7.64. The van der Waals surface area contributed by atoms with E-state index in [1.54, 1.807) is 7.05 Å². The fourth-order valence-electron chi connectivity index (χ4n) is 8.14. The molecule has 45 heavy (non-hydrogen) atoms. The average Bonchev–Trinajstić information content (AvgIpc) is 3.77. The lowest BCUT2D eigenvalue weighted by Gasteiger charge is -2.51. The van der Waals surface area contributed by atoms with Crippen LogP contribution in [0, 0.1) is 24.3 Å². The number of carbonyl (C=O) groups is 2. The first kappa shape index (κ1) is 30.7. The number of carbonyl (C=O) groups excluding carboxylic acids is 2. The van der Waals surface area contributed by atoms with Gasteiger partial charge in [-0.3, -0.25) is 4.79 Å². The van der Waals surface area contributed by atoms with Gasteiger partial charge in [0.1, 0.15) is 6.26 Å². The summed E-state index contributed by atoms with van der Waals surface area (Å²) >= 11 is 0. The zero-order chi connectivity index (χ0) is 31.2. The van der Waals surface area contributed by atoms with Gasteiger partial charge in [-0.05, 0) is 68.3 Å². The van der Waals surface area contributed by atoms with E-state index in [1.165, 1.54) is 23.9 Å². The number of oxazole rings is 1. The number of benzene rings is 2. The van der Waals surface area contributed by atoms with Crippen LogP contribution in [-0.4, -0.2) is 74.2 Å². The van der Waals surface area contributed by atoms with Crippen molar-refractivity contribution in [1.82, 2.24) is 25.8 Å². The number of nitrogens with one attached hydrogen (secondary N) is 3. The molecule has 6 rings (SSSR count). The van der Waals surface area contributed by atoms with E-state index in [9.17, 15) is 9.59 Å². The first-order chi connectivity index (χ1) is 22.0. The Morgan fingerprint density at radius 3 is 2.47 bits per heavy atom. The van der Waals surface area contributed by atoms with Gasteiger partial charge in [0.15, 0.2) is 17.8 Å². The van der Waals surface area contributed by atoms with Crippen molar-refractivity contribution in [3.8, 4) is 0 Å². The summed E-state index contributed by atoms with van der Waals surface area (Å²) in [7, 11) is 1.66. The van der Waals surface area contributed by atoms with Gasteiger partial charge in [0.05, 0.1) is 6.57 Å². The molecule has 3 aromatic rings. The van der Waals surface area contributed by atoms with Crippen LogP contribution in [0.3, 0.4) is 0 Å². The normalized spacial score (nSPS) is 22.2. The zero-order valence-electron chi connectivity index (χ0n) is 26.0. The third-order valence-corrected chi connectivity index (χ3v) is 10.4. The predicted octanol–water partition coefficient (Wildman–Crippen LogP) is 4.84. The largest absolute Gasteiger partial charge is 0.451 e. The van der Waals surface area contributed by atoms with Gasteiger partial charge in [-0.25, -0.2) is 14.6 Å². The number of hydrogen-bond acceptors (Lipinski definition) is 6. The number of urea groups is 1. The Kier molecular flexibility index (Phi) is 9.36. The van der Waals surface area contributed by atoms with Crippen molar-refractivity contribution in [3.05, 3.63) is 89.9 Å². The maximum Gasteiger partial charge on any atom is 0.314 e. The van der Waals surface area contributed by atoms with Gasteiger partial charge in [0, 0.05) is 56.3 Å². The molecule has 3 amide bonds. The fraction of sp³-hybridized carbons (Fsp3) is 0.486. The van der Waals surface area contributed by atoms with Crippen molar-refractivity contribution in [2.75, 3.05) is 51.2 Å². The van der Waals surface area contributed by atoms with Crippen molar-refractivity contribution in [3.63, 3.8) is 0 Å².